The first-order valence-electron chi connectivity index (χ1n) is 6.27. The summed E-state index contributed by atoms with van der Waals surface area (Å²) in [5.41, 5.74) is 5.67. The van der Waals surface area contributed by atoms with Crippen molar-refractivity contribution < 1.29 is 4.79 Å². The number of aromatic nitrogens is 3. The quantitative estimate of drug-likeness (QED) is 0.781. The van der Waals surface area contributed by atoms with E-state index in [1.807, 2.05) is 6.92 Å². The van der Waals surface area contributed by atoms with Crippen molar-refractivity contribution in [1.82, 2.24) is 20.1 Å². The molecule has 3 N–H and O–H groups in total. The van der Waals surface area contributed by atoms with E-state index >= 15 is 0 Å². The summed E-state index contributed by atoms with van der Waals surface area (Å²) in [6, 6.07) is 0. The number of carbonyl (C=O) groups excluding carboxylic acids is 1. The van der Waals surface area contributed by atoms with Gasteiger partial charge in [-0.1, -0.05) is 13.8 Å². The third kappa shape index (κ3) is 4.10. The molecule has 1 unspecified atom stereocenters. The fraction of sp³-hybridized carbons (Fsp3) is 0.750. The predicted molar refractivity (Wildman–Crippen MR) is 69.6 cm³/mol. The summed E-state index contributed by atoms with van der Waals surface area (Å²) in [6.07, 6.45) is 0.812. The standard InChI is InChI=1S/C12H23N5O/c1-8(2)5-10(6-13)12(18)17(4)7-11-14-9(3)15-16-11/h8,10H,5-7,13H2,1-4H3,(H,14,15,16). The first-order chi connectivity index (χ1) is 8.43. The zero-order valence-electron chi connectivity index (χ0n) is 11.6. The molecule has 6 nitrogen and oxygen atoms in total. The van der Waals surface area contributed by atoms with Crippen LogP contribution in [0.3, 0.4) is 0 Å². The van der Waals surface area contributed by atoms with E-state index < -0.39 is 0 Å². The minimum absolute atomic E-state index is 0.0636. The van der Waals surface area contributed by atoms with Gasteiger partial charge in [-0.3, -0.25) is 9.89 Å². The second kappa shape index (κ2) is 6.49. The maximum atomic E-state index is 12.2. The highest BCUT2D eigenvalue weighted by atomic mass is 16.2. The molecule has 0 saturated heterocycles. The Kier molecular flexibility index (Phi) is 5.27. The highest BCUT2D eigenvalue weighted by Gasteiger charge is 2.22. The Hall–Kier alpha value is -1.43. The van der Waals surface area contributed by atoms with Crippen LogP contribution in [0.25, 0.3) is 0 Å². The number of nitrogens with one attached hydrogen (secondary N) is 1. The molecule has 1 aromatic heterocycles. The van der Waals surface area contributed by atoms with Crippen LogP contribution in [0.4, 0.5) is 0 Å². The summed E-state index contributed by atoms with van der Waals surface area (Å²) in [5, 5.41) is 6.79. The van der Waals surface area contributed by atoms with E-state index in [0.29, 0.717) is 24.8 Å². The van der Waals surface area contributed by atoms with Gasteiger partial charge in [0.2, 0.25) is 5.91 Å². The highest BCUT2D eigenvalue weighted by Crippen LogP contribution is 2.13. The normalized spacial score (nSPS) is 12.8. The molecule has 0 aliphatic heterocycles. The topological polar surface area (TPSA) is 87.9 Å². The van der Waals surface area contributed by atoms with Crippen LogP contribution in [0.1, 0.15) is 31.9 Å². The summed E-state index contributed by atoms with van der Waals surface area (Å²) in [7, 11) is 1.76. The van der Waals surface area contributed by atoms with E-state index in [2.05, 4.69) is 29.0 Å². The van der Waals surface area contributed by atoms with Gasteiger partial charge in [-0.05, 0) is 19.3 Å². The number of H-pyrrole nitrogens is 1. The number of aromatic amines is 1. The molecule has 1 atom stereocenters. The molecule has 1 aromatic rings. The Morgan fingerprint density at radius 1 is 1.50 bits per heavy atom. The fourth-order valence-corrected chi connectivity index (χ4v) is 1.93. The van der Waals surface area contributed by atoms with Crippen molar-refractivity contribution in [2.45, 2.75) is 33.7 Å². The van der Waals surface area contributed by atoms with Crippen molar-refractivity contribution in [1.29, 1.82) is 0 Å². The molecule has 102 valence electrons. The van der Waals surface area contributed by atoms with E-state index in [0.717, 1.165) is 12.2 Å². The zero-order valence-corrected chi connectivity index (χ0v) is 11.6. The van der Waals surface area contributed by atoms with Crippen molar-refractivity contribution in [2.75, 3.05) is 13.6 Å². The molecular formula is C12H23N5O. The molecule has 0 saturated carbocycles. The molecule has 0 bridgehead atoms. The van der Waals surface area contributed by atoms with Gasteiger partial charge in [0.25, 0.3) is 0 Å². The molecule has 18 heavy (non-hydrogen) atoms. The smallest absolute Gasteiger partial charge is 0.227 e. The molecule has 0 fully saturated rings. The molecule has 1 amide bonds. The minimum Gasteiger partial charge on any atom is -0.338 e. The van der Waals surface area contributed by atoms with Gasteiger partial charge in [-0.2, -0.15) is 5.10 Å². The van der Waals surface area contributed by atoms with Crippen LogP contribution >= 0.6 is 0 Å². The molecular weight excluding hydrogens is 230 g/mol. The molecule has 1 heterocycles. The van der Waals surface area contributed by atoms with Crippen LogP contribution in [0.5, 0.6) is 0 Å². The lowest BCUT2D eigenvalue weighted by molar-refractivity contribution is -0.135. The highest BCUT2D eigenvalue weighted by molar-refractivity contribution is 5.78. The number of aryl methyl sites for hydroxylation is 1. The second-order valence-corrected chi connectivity index (χ2v) is 5.09. The Morgan fingerprint density at radius 2 is 2.17 bits per heavy atom. The van der Waals surface area contributed by atoms with Gasteiger partial charge in [0, 0.05) is 13.6 Å². The van der Waals surface area contributed by atoms with Gasteiger partial charge < -0.3 is 10.6 Å². The van der Waals surface area contributed by atoms with Gasteiger partial charge in [0.15, 0.2) is 5.82 Å². The second-order valence-electron chi connectivity index (χ2n) is 5.09. The lowest BCUT2D eigenvalue weighted by atomic mass is 9.96. The van der Waals surface area contributed by atoms with E-state index in [1.165, 1.54) is 0 Å². The summed E-state index contributed by atoms with van der Waals surface area (Å²) >= 11 is 0. The van der Waals surface area contributed by atoms with Gasteiger partial charge in [0.1, 0.15) is 5.82 Å². The van der Waals surface area contributed by atoms with Crippen LogP contribution in [0.15, 0.2) is 0 Å². The maximum Gasteiger partial charge on any atom is 0.227 e. The third-order valence-corrected chi connectivity index (χ3v) is 2.79. The monoisotopic (exact) mass is 253 g/mol. The van der Waals surface area contributed by atoms with Gasteiger partial charge in [-0.15, -0.1) is 0 Å². The first-order valence-corrected chi connectivity index (χ1v) is 6.27. The SMILES string of the molecule is Cc1nc(CN(C)C(=O)C(CN)CC(C)C)n[nH]1. The van der Waals surface area contributed by atoms with Crippen molar-refractivity contribution in [3.63, 3.8) is 0 Å². The van der Waals surface area contributed by atoms with Crippen LogP contribution in [0.2, 0.25) is 0 Å². The van der Waals surface area contributed by atoms with Crippen molar-refractivity contribution >= 4 is 5.91 Å². The van der Waals surface area contributed by atoms with Crippen molar-refractivity contribution in [3.8, 4) is 0 Å². The molecule has 0 spiro atoms. The number of carbonyl (C=O) groups is 1. The number of amides is 1. The molecule has 0 aliphatic rings. The average Bonchev–Trinajstić information content (AvgIpc) is 2.70. The largest absolute Gasteiger partial charge is 0.338 e. The molecule has 0 aromatic carbocycles. The Labute approximate surface area is 108 Å². The van der Waals surface area contributed by atoms with Crippen LogP contribution in [0, 0.1) is 18.8 Å². The number of hydrogen-bond donors (Lipinski definition) is 2. The van der Waals surface area contributed by atoms with Gasteiger partial charge in [-0.25, -0.2) is 4.98 Å². The van der Waals surface area contributed by atoms with E-state index in [9.17, 15) is 4.79 Å². The predicted octanol–water partition coefficient (Wildman–Crippen LogP) is 0.693. The number of hydrogen-bond acceptors (Lipinski definition) is 4. The summed E-state index contributed by atoms with van der Waals surface area (Å²) in [4.78, 5) is 18.0. The number of rotatable bonds is 6. The van der Waals surface area contributed by atoms with Crippen LogP contribution in [-0.4, -0.2) is 39.6 Å². The summed E-state index contributed by atoms with van der Waals surface area (Å²) < 4.78 is 0. The van der Waals surface area contributed by atoms with Gasteiger partial charge >= 0.3 is 0 Å². The molecule has 6 heteroatoms. The minimum atomic E-state index is -0.116. The van der Waals surface area contributed by atoms with E-state index in [1.54, 1.807) is 11.9 Å². The molecule has 0 aliphatic carbocycles. The summed E-state index contributed by atoms with van der Waals surface area (Å²) in [6.45, 7) is 6.81. The molecule has 1 rings (SSSR count). The van der Waals surface area contributed by atoms with Gasteiger partial charge in [0.05, 0.1) is 12.5 Å². The summed E-state index contributed by atoms with van der Waals surface area (Å²) in [5.74, 6) is 1.79. The Bertz CT molecular complexity index is 388. The number of nitrogens with zero attached hydrogens (tertiary/aromatic N) is 3. The van der Waals surface area contributed by atoms with E-state index in [-0.39, 0.29) is 11.8 Å². The fourth-order valence-electron chi connectivity index (χ4n) is 1.93. The lowest BCUT2D eigenvalue weighted by Crippen LogP contribution is -2.37. The lowest BCUT2D eigenvalue weighted by Gasteiger charge is -2.23. The third-order valence-electron chi connectivity index (χ3n) is 2.79. The Morgan fingerprint density at radius 3 is 2.61 bits per heavy atom. The Balaban J connectivity index is 2.59. The number of nitrogens with two attached hydrogens (primary N) is 1. The maximum absolute atomic E-state index is 12.2. The van der Waals surface area contributed by atoms with Crippen molar-refractivity contribution in [2.24, 2.45) is 17.6 Å². The van der Waals surface area contributed by atoms with Crippen molar-refractivity contribution in [3.05, 3.63) is 11.6 Å². The average molecular weight is 253 g/mol. The zero-order chi connectivity index (χ0) is 13.7. The van der Waals surface area contributed by atoms with E-state index in [4.69, 9.17) is 5.73 Å². The van der Waals surface area contributed by atoms with Crippen LogP contribution < -0.4 is 5.73 Å². The molecule has 0 radical (unpaired) electrons. The van der Waals surface area contributed by atoms with Crippen LogP contribution in [-0.2, 0) is 11.3 Å². The first kappa shape index (κ1) is 14.6.